The Bertz CT molecular complexity index is 1380. The summed E-state index contributed by atoms with van der Waals surface area (Å²) in [5, 5.41) is 3.39. The molecule has 0 unspecified atom stereocenters. The highest BCUT2D eigenvalue weighted by Crippen LogP contribution is 2.29. The fourth-order valence-electron chi connectivity index (χ4n) is 4.37. The molecule has 0 radical (unpaired) electrons. The molecule has 0 aliphatic carbocycles. The van der Waals surface area contributed by atoms with Crippen LogP contribution in [0.1, 0.15) is 60.5 Å². The molecule has 0 aliphatic rings. The van der Waals surface area contributed by atoms with Crippen molar-refractivity contribution in [3.05, 3.63) is 88.5 Å². The summed E-state index contributed by atoms with van der Waals surface area (Å²) in [6.07, 6.45) is 3.14. The minimum atomic E-state index is -1.06. The molecule has 39 heavy (non-hydrogen) atoms. The summed E-state index contributed by atoms with van der Waals surface area (Å²) in [4.78, 5) is 21.5. The van der Waals surface area contributed by atoms with Crippen molar-refractivity contribution in [1.82, 2.24) is 15.3 Å². The van der Waals surface area contributed by atoms with E-state index in [1.54, 1.807) is 27.0 Å². The molecule has 0 saturated carbocycles. The van der Waals surface area contributed by atoms with Crippen molar-refractivity contribution in [2.75, 3.05) is 6.61 Å². The summed E-state index contributed by atoms with van der Waals surface area (Å²) in [6, 6.07) is 14.0. The van der Waals surface area contributed by atoms with E-state index in [-0.39, 0.29) is 5.97 Å². The number of aryl methyl sites for hydroxylation is 5. The number of aromatic nitrogens is 2. The Labute approximate surface area is 229 Å². The van der Waals surface area contributed by atoms with Crippen LogP contribution >= 0.6 is 0 Å². The molecule has 2 heterocycles. The Morgan fingerprint density at radius 3 is 2.41 bits per heavy atom. The van der Waals surface area contributed by atoms with Gasteiger partial charge in [0.1, 0.15) is 17.8 Å². The van der Waals surface area contributed by atoms with Gasteiger partial charge in [-0.2, -0.15) is 0 Å². The zero-order chi connectivity index (χ0) is 28.0. The van der Waals surface area contributed by atoms with Crippen LogP contribution in [0.3, 0.4) is 0 Å². The maximum Gasteiger partial charge on any atom is 0.349 e. The molecule has 2 aromatic heterocycles. The van der Waals surface area contributed by atoms with Gasteiger partial charge in [-0.05, 0) is 83.2 Å². The van der Waals surface area contributed by atoms with Crippen LogP contribution in [-0.4, -0.2) is 28.1 Å². The van der Waals surface area contributed by atoms with E-state index in [1.807, 2.05) is 51.1 Å². The van der Waals surface area contributed by atoms with Crippen molar-refractivity contribution in [3.63, 3.8) is 0 Å². The van der Waals surface area contributed by atoms with Crippen molar-refractivity contribution in [2.45, 2.75) is 73.1 Å². The van der Waals surface area contributed by atoms with Crippen molar-refractivity contribution >= 4 is 5.97 Å². The average Bonchev–Trinajstić information content (AvgIpc) is 3.51. The summed E-state index contributed by atoms with van der Waals surface area (Å²) < 4.78 is 22.8. The first-order chi connectivity index (χ1) is 18.7. The van der Waals surface area contributed by atoms with Gasteiger partial charge in [-0.15, -0.1) is 0 Å². The van der Waals surface area contributed by atoms with Crippen molar-refractivity contribution in [1.29, 1.82) is 0 Å². The highest BCUT2D eigenvalue weighted by atomic mass is 16.6. The van der Waals surface area contributed by atoms with Gasteiger partial charge in [0.15, 0.2) is 5.60 Å². The molecule has 2 aromatic carbocycles. The van der Waals surface area contributed by atoms with Gasteiger partial charge in [-0.1, -0.05) is 30.3 Å². The summed E-state index contributed by atoms with van der Waals surface area (Å²) >= 11 is 0. The topological polar surface area (TPSA) is 99.6 Å². The van der Waals surface area contributed by atoms with E-state index in [4.69, 9.17) is 18.3 Å². The molecule has 1 N–H and O–H groups in total. The smallest absolute Gasteiger partial charge is 0.349 e. The Kier molecular flexibility index (Phi) is 8.86. The maximum absolute atomic E-state index is 12.2. The second-order valence-corrected chi connectivity index (χ2v) is 10.1. The fourth-order valence-corrected chi connectivity index (χ4v) is 4.37. The predicted octanol–water partition coefficient (Wildman–Crippen LogP) is 6.05. The van der Waals surface area contributed by atoms with Crippen LogP contribution in [0, 0.1) is 20.8 Å². The van der Waals surface area contributed by atoms with Crippen LogP contribution in [0.2, 0.25) is 0 Å². The fraction of sp³-hybridized carbons (Fsp3) is 0.387. The highest BCUT2D eigenvalue weighted by Gasteiger charge is 2.32. The van der Waals surface area contributed by atoms with Gasteiger partial charge in [0, 0.05) is 12.1 Å². The first-order valence-electron chi connectivity index (χ1n) is 13.3. The van der Waals surface area contributed by atoms with Crippen molar-refractivity contribution in [2.24, 2.45) is 0 Å². The first kappa shape index (κ1) is 28.1. The summed E-state index contributed by atoms with van der Waals surface area (Å²) in [5.41, 5.74) is 4.74. The minimum Gasteiger partial charge on any atom is -0.476 e. The molecule has 8 heteroatoms. The number of hydrogen-bond donors (Lipinski definition) is 1. The van der Waals surface area contributed by atoms with E-state index in [0.717, 1.165) is 45.8 Å². The molecular weight excluding hydrogens is 494 g/mol. The van der Waals surface area contributed by atoms with E-state index in [9.17, 15) is 4.79 Å². The molecule has 0 spiro atoms. The van der Waals surface area contributed by atoms with Crippen LogP contribution in [0.25, 0.3) is 11.5 Å². The largest absolute Gasteiger partial charge is 0.476 e. The lowest BCUT2D eigenvalue weighted by molar-refractivity contribution is -0.158. The number of rotatable bonds is 12. The van der Waals surface area contributed by atoms with E-state index in [1.165, 1.54) is 0 Å². The lowest BCUT2D eigenvalue weighted by Gasteiger charge is -2.26. The lowest BCUT2D eigenvalue weighted by Crippen LogP contribution is -2.40. The highest BCUT2D eigenvalue weighted by molar-refractivity contribution is 5.79. The van der Waals surface area contributed by atoms with Crippen molar-refractivity contribution in [3.8, 4) is 17.2 Å². The molecular formula is C31H37N3O5. The number of carbonyl (C=O) groups excluding carboxylic acids is 1. The standard InChI is InChI=1S/C31H37N3O5/c1-7-36-30(35)31(5,6)39-28-20(2)15-23(16-21(28)3)17-32-18-27-33-25(19-37-27)13-14-26-22(4)38-29(34-26)24-11-9-8-10-12-24/h8-12,15-16,19,32H,7,13-14,17-18H2,1-6H3. The average molecular weight is 532 g/mol. The number of benzene rings is 2. The van der Waals surface area contributed by atoms with Crippen LogP contribution in [-0.2, 0) is 35.5 Å². The second-order valence-electron chi connectivity index (χ2n) is 10.1. The van der Waals surface area contributed by atoms with Crippen molar-refractivity contribution < 1.29 is 23.1 Å². The number of hydrogen-bond acceptors (Lipinski definition) is 8. The van der Waals surface area contributed by atoms with Gasteiger partial charge in [0.05, 0.1) is 24.5 Å². The third kappa shape index (κ3) is 7.15. The second kappa shape index (κ2) is 12.3. The Morgan fingerprint density at radius 2 is 1.72 bits per heavy atom. The molecule has 0 saturated heterocycles. The molecule has 0 aliphatic heterocycles. The molecule has 8 nitrogen and oxygen atoms in total. The Balaban J connectivity index is 1.29. The number of nitrogens with zero attached hydrogens (tertiary/aromatic N) is 2. The van der Waals surface area contributed by atoms with Gasteiger partial charge in [-0.25, -0.2) is 14.8 Å². The maximum atomic E-state index is 12.2. The third-order valence-corrected chi connectivity index (χ3v) is 6.38. The van der Waals surface area contributed by atoms with E-state index in [0.29, 0.717) is 43.6 Å². The molecule has 206 valence electrons. The SMILES string of the molecule is CCOC(=O)C(C)(C)Oc1c(C)cc(CNCc2nc(CCc3nc(-c4ccccc4)oc3C)co2)cc1C. The van der Waals surface area contributed by atoms with Gasteiger partial charge in [0.2, 0.25) is 11.8 Å². The normalized spacial score (nSPS) is 11.5. The number of oxazole rings is 2. The molecule has 0 amide bonds. The number of esters is 1. The quantitative estimate of drug-likeness (QED) is 0.221. The third-order valence-electron chi connectivity index (χ3n) is 6.38. The van der Waals surface area contributed by atoms with Gasteiger partial charge in [-0.3, -0.25) is 0 Å². The zero-order valence-corrected chi connectivity index (χ0v) is 23.6. The minimum absolute atomic E-state index is 0.317. The van der Waals surface area contributed by atoms with Crippen LogP contribution < -0.4 is 10.1 Å². The summed E-state index contributed by atoms with van der Waals surface area (Å²) in [7, 11) is 0. The molecule has 0 bridgehead atoms. The number of nitrogens with one attached hydrogen (secondary N) is 1. The van der Waals surface area contributed by atoms with E-state index < -0.39 is 5.60 Å². The molecule has 4 aromatic rings. The molecule has 0 atom stereocenters. The number of ether oxygens (including phenoxy) is 2. The predicted molar refractivity (Wildman–Crippen MR) is 148 cm³/mol. The lowest BCUT2D eigenvalue weighted by atomic mass is 10.0. The van der Waals surface area contributed by atoms with Gasteiger partial charge < -0.3 is 23.6 Å². The molecule has 0 fully saturated rings. The molecule has 4 rings (SSSR count). The summed E-state index contributed by atoms with van der Waals surface area (Å²) in [6.45, 7) is 12.6. The summed E-state index contributed by atoms with van der Waals surface area (Å²) in [5.74, 6) is 2.42. The number of carbonyl (C=O) groups is 1. The van der Waals surface area contributed by atoms with Crippen LogP contribution in [0.4, 0.5) is 0 Å². The van der Waals surface area contributed by atoms with Crippen LogP contribution in [0.5, 0.6) is 5.75 Å². The monoisotopic (exact) mass is 531 g/mol. The van der Waals surface area contributed by atoms with E-state index in [2.05, 4.69) is 27.4 Å². The first-order valence-corrected chi connectivity index (χ1v) is 13.3. The Morgan fingerprint density at radius 1 is 1.00 bits per heavy atom. The zero-order valence-electron chi connectivity index (χ0n) is 23.6. The van der Waals surface area contributed by atoms with Crippen LogP contribution in [0.15, 0.2) is 57.6 Å². The van der Waals surface area contributed by atoms with E-state index >= 15 is 0 Å². The van der Waals surface area contributed by atoms with Gasteiger partial charge in [0.25, 0.3) is 0 Å². The van der Waals surface area contributed by atoms with Gasteiger partial charge >= 0.3 is 5.97 Å². The Hall–Kier alpha value is -3.91.